The van der Waals surface area contributed by atoms with Gasteiger partial charge in [-0.25, -0.2) is 0 Å². The van der Waals surface area contributed by atoms with Gasteiger partial charge in [0.15, 0.2) is 0 Å². The summed E-state index contributed by atoms with van der Waals surface area (Å²) in [6.45, 7) is -0.0212. The molecule has 1 fully saturated rings. The molecule has 1 aromatic rings. The first-order valence-electron chi connectivity index (χ1n) is 6.07. The number of rotatable bonds is 4. The SMILES string of the molecule is Nc1cc(N2CC(CS(=O)(=O)F)CC2=O)ccc1S(=O)(=O)O. The maximum absolute atomic E-state index is 12.7. The van der Waals surface area contributed by atoms with Crippen molar-refractivity contribution in [2.24, 2.45) is 5.92 Å². The highest BCUT2D eigenvalue weighted by atomic mass is 32.3. The second-order valence-electron chi connectivity index (χ2n) is 4.98. The van der Waals surface area contributed by atoms with Crippen molar-refractivity contribution in [3.05, 3.63) is 18.2 Å². The van der Waals surface area contributed by atoms with Gasteiger partial charge in [0, 0.05) is 24.6 Å². The lowest BCUT2D eigenvalue weighted by Gasteiger charge is -2.17. The summed E-state index contributed by atoms with van der Waals surface area (Å²) >= 11 is 0. The number of hydrogen-bond acceptors (Lipinski definition) is 6. The van der Waals surface area contributed by atoms with Gasteiger partial charge in [-0.3, -0.25) is 9.35 Å². The molecule has 22 heavy (non-hydrogen) atoms. The molecule has 1 aliphatic rings. The van der Waals surface area contributed by atoms with Crippen molar-refractivity contribution in [1.29, 1.82) is 0 Å². The summed E-state index contributed by atoms with van der Waals surface area (Å²) in [7, 11) is -9.17. The van der Waals surface area contributed by atoms with Crippen LogP contribution in [-0.4, -0.2) is 39.6 Å². The first-order chi connectivity index (χ1) is 9.97. The minimum Gasteiger partial charge on any atom is -0.398 e. The van der Waals surface area contributed by atoms with Gasteiger partial charge in [0.25, 0.3) is 10.1 Å². The predicted octanol–water partition coefficient (Wildman–Crippen LogP) is 0.168. The van der Waals surface area contributed by atoms with Crippen molar-refractivity contribution in [1.82, 2.24) is 0 Å². The number of nitrogens with two attached hydrogens (primary N) is 1. The van der Waals surface area contributed by atoms with Crippen molar-refractivity contribution in [3.8, 4) is 0 Å². The largest absolute Gasteiger partial charge is 0.398 e. The quantitative estimate of drug-likeness (QED) is 0.448. The Hall–Kier alpha value is -1.72. The minimum absolute atomic E-state index is 0.0212. The third-order valence-electron chi connectivity index (χ3n) is 3.22. The molecule has 122 valence electrons. The lowest BCUT2D eigenvalue weighted by Crippen LogP contribution is -2.25. The van der Waals surface area contributed by atoms with Crippen LogP contribution in [0.2, 0.25) is 0 Å². The fourth-order valence-electron chi connectivity index (χ4n) is 2.36. The molecule has 8 nitrogen and oxygen atoms in total. The molecule has 1 heterocycles. The lowest BCUT2D eigenvalue weighted by molar-refractivity contribution is -0.117. The fraction of sp³-hybridized carbons (Fsp3) is 0.364. The fourth-order valence-corrected chi connectivity index (χ4v) is 3.75. The second kappa shape index (κ2) is 5.48. The van der Waals surface area contributed by atoms with Gasteiger partial charge in [0.1, 0.15) is 4.90 Å². The Kier molecular flexibility index (Phi) is 4.15. The molecule has 0 aromatic heterocycles. The number of halogens is 1. The number of nitrogen functional groups attached to an aromatic ring is 1. The molecule has 1 atom stereocenters. The zero-order valence-electron chi connectivity index (χ0n) is 11.1. The predicted molar refractivity (Wildman–Crippen MR) is 76.0 cm³/mol. The molecule has 0 spiro atoms. The average Bonchev–Trinajstić information content (AvgIpc) is 2.65. The molecule has 1 unspecified atom stereocenters. The number of carbonyl (C=O) groups is 1. The molecule has 1 saturated heterocycles. The third kappa shape index (κ3) is 3.72. The number of hydrogen-bond donors (Lipinski definition) is 2. The monoisotopic (exact) mass is 352 g/mol. The van der Waals surface area contributed by atoms with Crippen molar-refractivity contribution in [3.63, 3.8) is 0 Å². The van der Waals surface area contributed by atoms with E-state index in [9.17, 15) is 25.5 Å². The van der Waals surface area contributed by atoms with Gasteiger partial charge >= 0.3 is 10.2 Å². The van der Waals surface area contributed by atoms with E-state index in [1.165, 1.54) is 17.0 Å². The van der Waals surface area contributed by atoms with Gasteiger partial charge in [-0.15, -0.1) is 3.89 Å². The minimum atomic E-state index is -4.69. The highest BCUT2D eigenvalue weighted by Gasteiger charge is 2.34. The van der Waals surface area contributed by atoms with Gasteiger partial charge in [0.05, 0.1) is 11.4 Å². The lowest BCUT2D eigenvalue weighted by atomic mass is 10.1. The Balaban J connectivity index is 2.26. The Morgan fingerprint density at radius 3 is 2.45 bits per heavy atom. The highest BCUT2D eigenvalue weighted by molar-refractivity contribution is 7.86. The number of amides is 1. The van der Waals surface area contributed by atoms with Gasteiger partial charge in [-0.1, -0.05) is 0 Å². The molecule has 1 aliphatic heterocycles. The van der Waals surface area contributed by atoms with E-state index in [4.69, 9.17) is 10.3 Å². The Morgan fingerprint density at radius 2 is 1.95 bits per heavy atom. The zero-order valence-corrected chi connectivity index (χ0v) is 12.8. The molecule has 11 heteroatoms. The summed E-state index contributed by atoms with van der Waals surface area (Å²) in [6, 6.07) is 3.46. The molecule has 2 rings (SSSR count). The third-order valence-corrected chi connectivity index (χ3v) is 5.02. The maximum atomic E-state index is 12.7. The van der Waals surface area contributed by atoms with Crippen molar-refractivity contribution >= 4 is 37.6 Å². The first-order valence-corrected chi connectivity index (χ1v) is 9.06. The van der Waals surface area contributed by atoms with Crippen molar-refractivity contribution in [2.45, 2.75) is 11.3 Å². The van der Waals surface area contributed by atoms with E-state index in [0.29, 0.717) is 0 Å². The smallest absolute Gasteiger partial charge is 0.302 e. The zero-order chi connectivity index (χ0) is 16.7. The summed E-state index contributed by atoms with van der Waals surface area (Å²) in [6.07, 6.45) is -0.136. The summed E-state index contributed by atoms with van der Waals surface area (Å²) in [5, 5.41) is 0. The van der Waals surface area contributed by atoms with E-state index < -0.39 is 42.8 Å². The van der Waals surface area contributed by atoms with Crippen LogP contribution in [0.4, 0.5) is 15.3 Å². The van der Waals surface area contributed by atoms with Crippen LogP contribution in [0.15, 0.2) is 23.1 Å². The van der Waals surface area contributed by atoms with Crippen LogP contribution >= 0.6 is 0 Å². The molecular weight excluding hydrogens is 339 g/mol. The topological polar surface area (TPSA) is 135 Å². The van der Waals surface area contributed by atoms with Gasteiger partial charge in [-0.05, 0) is 18.2 Å². The molecule has 1 amide bonds. The molecule has 0 aliphatic carbocycles. The number of nitrogens with zero attached hydrogens (tertiary/aromatic N) is 1. The van der Waals surface area contributed by atoms with Crippen LogP contribution in [-0.2, 0) is 25.1 Å². The molecule has 0 bridgehead atoms. The van der Waals surface area contributed by atoms with E-state index in [1.54, 1.807) is 0 Å². The highest BCUT2D eigenvalue weighted by Crippen LogP contribution is 2.30. The van der Waals surface area contributed by atoms with Gasteiger partial charge < -0.3 is 10.6 Å². The molecule has 0 radical (unpaired) electrons. The van der Waals surface area contributed by atoms with E-state index in [0.717, 1.165) is 6.07 Å². The standard InChI is InChI=1S/C11H13FN2O6S2/c12-21(16,17)6-7-3-11(15)14(5-7)8-1-2-10(9(13)4-8)22(18,19)20/h1-2,4,7H,3,5-6,13H2,(H,18,19,20). The molecular formula is C11H13FN2O6S2. The van der Waals surface area contributed by atoms with Crippen LogP contribution in [0.3, 0.4) is 0 Å². The Morgan fingerprint density at radius 1 is 1.32 bits per heavy atom. The van der Waals surface area contributed by atoms with E-state index in [1.807, 2.05) is 0 Å². The summed E-state index contributed by atoms with van der Waals surface area (Å²) in [5.41, 5.74) is 5.51. The van der Waals surface area contributed by atoms with Crippen LogP contribution in [0.1, 0.15) is 6.42 Å². The summed E-state index contributed by atoms with van der Waals surface area (Å²) in [5.74, 6) is -1.87. The molecule has 0 saturated carbocycles. The van der Waals surface area contributed by atoms with Crippen molar-refractivity contribution in [2.75, 3.05) is 22.9 Å². The average molecular weight is 352 g/mol. The number of anilines is 2. The van der Waals surface area contributed by atoms with E-state index >= 15 is 0 Å². The first kappa shape index (κ1) is 16.6. The van der Waals surface area contributed by atoms with Crippen LogP contribution in [0.25, 0.3) is 0 Å². The number of benzene rings is 1. The Bertz CT molecular complexity index is 821. The van der Waals surface area contributed by atoms with Crippen molar-refractivity contribution < 1.29 is 30.1 Å². The second-order valence-corrected chi connectivity index (χ2v) is 7.78. The summed E-state index contributed by atoms with van der Waals surface area (Å²) < 4.78 is 65.0. The van der Waals surface area contributed by atoms with E-state index in [2.05, 4.69) is 0 Å². The van der Waals surface area contributed by atoms with Crippen LogP contribution in [0.5, 0.6) is 0 Å². The summed E-state index contributed by atoms with van der Waals surface area (Å²) in [4.78, 5) is 12.6. The van der Waals surface area contributed by atoms with Gasteiger partial charge in [0.2, 0.25) is 5.91 Å². The van der Waals surface area contributed by atoms with Crippen LogP contribution in [0, 0.1) is 5.92 Å². The van der Waals surface area contributed by atoms with Crippen LogP contribution < -0.4 is 10.6 Å². The van der Waals surface area contributed by atoms with E-state index in [-0.39, 0.29) is 24.3 Å². The maximum Gasteiger partial charge on any atom is 0.302 e. The molecule has 3 N–H and O–H groups in total. The van der Waals surface area contributed by atoms with Gasteiger partial charge in [-0.2, -0.15) is 16.8 Å². The molecule has 1 aromatic carbocycles. The Labute approximate surface area is 126 Å². The number of carbonyl (C=O) groups excluding carboxylic acids is 1. The normalized spacial score (nSPS) is 19.6.